The molecule has 0 aliphatic carbocycles. The number of phenolic OH excluding ortho intramolecular Hbond substituents is 2. The molecule has 1 aromatic rings. The third kappa shape index (κ3) is 2.29. The minimum Gasteiger partial charge on any atom is -0.508 e. The van der Waals surface area contributed by atoms with E-state index in [1.807, 2.05) is 0 Å². The number of rotatable bonds is 3. The SMILES string of the molecule is CC[C@@]1(C)NC(=O)N(/N=C\c2ccc(O)cc2O)C1=O. The predicted octanol–water partition coefficient (Wildman–Crippen LogP) is 1.15. The van der Waals surface area contributed by atoms with Crippen molar-refractivity contribution in [1.29, 1.82) is 0 Å². The number of hydrogen-bond donors (Lipinski definition) is 3. The van der Waals surface area contributed by atoms with Gasteiger partial charge in [0, 0.05) is 11.6 Å². The normalized spacial score (nSPS) is 22.6. The van der Waals surface area contributed by atoms with E-state index in [1.165, 1.54) is 18.3 Å². The molecule has 0 spiro atoms. The molecular formula is C13H15N3O4. The topological polar surface area (TPSA) is 102 Å². The molecule has 1 aliphatic rings. The van der Waals surface area contributed by atoms with Crippen LogP contribution in [0.5, 0.6) is 11.5 Å². The van der Waals surface area contributed by atoms with E-state index < -0.39 is 17.5 Å². The van der Waals surface area contributed by atoms with Gasteiger partial charge in [-0.05, 0) is 25.5 Å². The lowest BCUT2D eigenvalue weighted by atomic mass is 10.00. The van der Waals surface area contributed by atoms with Crippen LogP contribution in [-0.2, 0) is 4.79 Å². The molecule has 1 aliphatic heterocycles. The maximum Gasteiger partial charge on any atom is 0.346 e. The number of phenols is 2. The fourth-order valence-electron chi connectivity index (χ4n) is 1.77. The summed E-state index contributed by atoms with van der Waals surface area (Å²) >= 11 is 0. The number of imide groups is 1. The Bertz CT molecular complexity index is 599. The monoisotopic (exact) mass is 277 g/mol. The van der Waals surface area contributed by atoms with Crippen LogP contribution in [0.25, 0.3) is 0 Å². The van der Waals surface area contributed by atoms with E-state index in [4.69, 9.17) is 5.11 Å². The van der Waals surface area contributed by atoms with Gasteiger partial charge in [-0.15, -0.1) is 5.01 Å². The second-order valence-electron chi connectivity index (χ2n) is 4.72. The van der Waals surface area contributed by atoms with Gasteiger partial charge in [0.25, 0.3) is 5.91 Å². The van der Waals surface area contributed by atoms with Crippen LogP contribution >= 0.6 is 0 Å². The molecule has 0 bridgehead atoms. The Morgan fingerprint density at radius 3 is 2.65 bits per heavy atom. The summed E-state index contributed by atoms with van der Waals surface area (Å²) in [5.74, 6) is -0.730. The van der Waals surface area contributed by atoms with Crippen LogP contribution in [0.1, 0.15) is 25.8 Å². The lowest BCUT2D eigenvalue weighted by Crippen LogP contribution is -2.42. The van der Waals surface area contributed by atoms with Crippen molar-refractivity contribution < 1.29 is 19.8 Å². The van der Waals surface area contributed by atoms with E-state index in [0.29, 0.717) is 6.42 Å². The molecule has 0 unspecified atom stereocenters. The van der Waals surface area contributed by atoms with Crippen LogP contribution < -0.4 is 5.32 Å². The first-order valence-electron chi connectivity index (χ1n) is 6.10. The van der Waals surface area contributed by atoms with Crippen molar-refractivity contribution >= 4 is 18.2 Å². The number of carbonyl (C=O) groups excluding carboxylic acids is 2. The van der Waals surface area contributed by atoms with Gasteiger partial charge < -0.3 is 15.5 Å². The van der Waals surface area contributed by atoms with Gasteiger partial charge in [0.1, 0.15) is 17.0 Å². The van der Waals surface area contributed by atoms with E-state index in [2.05, 4.69) is 10.4 Å². The highest BCUT2D eigenvalue weighted by atomic mass is 16.3. The molecular weight excluding hydrogens is 262 g/mol. The van der Waals surface area contributed by atoms with Crippen molar-refractivity contribution in [2.45, 2.75) is 25.8 Å². The van der Waals surface area contributed by atoms with Crippen molar-refractivity contribution in [3.63, 3.8) is 0 Å². The van der Waals surface area contributed by atoms with E-state index in [0.717, 1.165) is 11.1 Å². The highest BCUT2D eigenvalue weighted by Crippen LogP contribution is 2.23. The Balaban J connectivity index is 2.24. The summed E-state index contributed by atoms with van der Waals surface area (Å²) in [6.45, 7) is 3.41. The van der Waals surface area contributed by atoms with Crippen LogP contribution in [0.15, 0.2) is 23.3 Å². The van der Waals surface area contributed by atoms with Crippen LogP contribution in [0.3, 0.4) is 0 Å². The lowest BCUT2D eigenvalue weighted by Gasteiger charge is -2.17. The Morgan fingerprint density at radius 2 is 2.10 bits per heavy atom. The third-order valence-electron chi connectivity index (χ3n) is 3.27. The first-order chi connectivity index (χ1) is 9.37. The molecule has 2 rings (SSSR count). The molecule has 20 heavy (non-hydrogen) atoms. The standard InChI is InChI=1S/C13H15N3O4/c1-3-13(2)11(19)16(12(20)15-13)14-7-8-4-5-9(17)6-10(8)18/h4-7,17-18H,3H2,1-2H3,(H,15,20)/b14-7-/t13-/m1/s1. The van der Waals surface area contributed by atoms with Gasteiger partial charge in [-0.3, -0.25) is 4.79 Å². The molecule has 0 radical (unpaired) electrons. The number of hydrazone groups is 1. The van der Waals surface area contributed by atoms with Crippen LogP contribution in [-0.4, -0.2) is 38.9 Å². The highest BCUT2D eigenvalue weighted by Gasteiger charge is 2.46. The fraction of sp³-hybridized carbons (Fsp3) is 0.308. The largest absolute Gasteiger partial charge is 0.508 e. The molecule has 0 aromatic heterocycles. The highest BCUT2D eigenvalue weighted by molar-refractivity contribution is 6.07. The van der Waals surface area contributed by atoms with Gasteiger partial charge in [0.2, 0.25) is 0 Å². The van der Waals surface area contributed by atoms with Crippen molar-refractivity contribution in [3.05, 3.63) is 23.8 Å². The van der Waals surface area contributed by atoms with Crippen LogP contribution in [0.4, 0.5) is 4.79 Å². The number of nitrogens with zero attached hydrogens (tertiary/aromatic N) is 2. The quantitative estimate of drug-likeness (QED) is 0.569. The summed E-state index contributed by atoms with van der Waals surface area (Å²) in [5.41, 5.74) is -0.667. The van der Waals surface area contributed by atoms with E-state index in [1.54, 1.807) is 13.8 Å². The molecule has 1 heterocycles. The molecule has 1 atom stereocenters. The lowest BCUT2D eigenvalue weighted by molar-refractivity contribution is -0.130. The second-order valence-corrected chi connectivity index (χ2v) is 4.72. The summed E-state index contributed by atoms with van der Waals surface area (Å²) < 4.78 is 0. The zero-order chi connectivity index (χ0) is 14.9. The number of aromatic hydroxyl groups is 2. The van der Waals surface area contributed by atoms with E-state index in [9.17, 15) is 14.7 Å². The van der Waals surface area contributed by atoms with Gasteiger partial charge in [-0.1, -0.05) is 6.92 Å². The number of benzene rings is 1. The van der Waals surface area contributed by atoms with Gasteiger partial charge >= 0.3 is 6.03 Å². The van der Waals surface area contributed by atoms with Gasteiger partial charge in [0.15, 0.2) is 0 Å². The van der Waals surface area contributed by atoms with Crippen LogP contribution in [0, 0.1) is 0 Å². The maximum atomic E-state index is 12.1. The summed E-state index contributed by atoms with van der Waals surface area (Å²) in [7, 11) is 0. The predicted molar refractivity (Wildman–Crippen MR) is 71.4 cm³/mol. The molecule has 0 saturated carbocycles. The van der Waals surface area contributed by atoms with Gasteiger partial charge in [-0.2, -0.15) is 5.10 Å². The van der Waals surface area contributed by atoms with Crippen LogP contribution in [0.2, 0.25) is 0 Å². The number of nitrogens with one attached hydrogen (secondary N) is 1. The zero-order valence-electron chi connectivity index (χ0n) is 11.1. The maximum absolute atomic E-state index is 12.1. The van der Waals surface area contributed by atoms with Gasteiger partial charge in [0.05, 0.1) is 6.21 Å². The van der Waals surface area contributed by atoms with E-state index >= 15 is 0 Å². The molecule has 1 aromatic carbocycles. The number of carbonyl (C=O) groups is 2. The smallest absolute Gasteiger partial charge is 0.346 e. The summed E-state index contributed by atoms with van der Waals surface area (Å²) in [6.07, 6.45) is 1.64. The molecule has 106 valence electrons. The Hall–Kier alpha value is -2.57. The second kappa shape index (κ2) is 4.84. The van der Waals surface area contributed by atoms with Crippen molar-refractivity contribution in [2.24, 2.45) is 5.10 Å². The Kier molecular flexibility index (Phi) is 3.35. The Morgan fingerprint density at radius 1 is 1.40 bits per heavy atom. The van der Waals surface area contributed by atoms with Crippen molar-refractivity contribution in [2.75, 3.05) is 0 Å². The molecule has 1 fully saturated rings. The first kappa shape index (κ1) is 13.9. The Labute approximate surface area is 115 Å². The number of hydrogen-bond acceptors (Lipinski definition) is 5. The molecule has 3 amide bonds. The zero-order valence-corrected chi connectivity index (χ0v) is 11.1. The minimum atomic E-state index is -0.953. The number of urea groups is 1. The third-order valence-corrected chi connectivity index (χ3v) is 3.27. The van der Waals surface area contributed by atoms with Crippen molar-refractivity contribution in [1.82, 2.24) is 10.3 Å². The van der Waals surface area contributed by atoms with Gasteiger partial charge in [-0.25, -0.2) is 4.79 Å². The van der Waals surface area contributed by atoms with E-state index in [-0.39, 0.29) is 17.1 Å². The fourth-order valence-corrected chi connectivity index (χ4v) is 1.77. The summed E-state index contributed by atoms with van der Waals surface area (Å²) in [5, 5.41) is 25.8. The average Bonchev–Trinajstić information content (AvgIpc) is 2.61. The molecule has 1 saturated heterocycles. The molecule has 7 heteroatoms. The summed E-state index contributed by atoms with van der Waals surface area (Å²) in [4.78, 5) is 23.8. The molecule has 3 N–H and O–H groups in total. The average molecular weight is 277 g/mol. The summed E-state index contributed by atoms with van der Waals surface area (Å²) in [6, 6.07) is 3.33. The molecule has 7 nitrogen and oxygen atoms in total. The minimum absolute atomic E-state index is 0.0896. The first-order valence-corrected chi connectivity index (χ1v) is 6.10. The van der Waals surface area contributed by atoms with Crippen molar-refractivity contribution in [3.8, 4) is 11.5 Å². The number of amides is 3.